The number of carbonyl (C=O) groups is 2. The van der Waals surface area contributed by atoms with Crippen LogP contribution in [-0.4, -0.2) is 11.8 Å². The van der Waals surface area contributed by atoms with E-state index in [1.165, 1.54) is 12.1 Å². The number of hydrogen-bond donors (Lipinski definition) is 0. The summed E-state index contributed by atoms with van der Waals surface area (Å²) >= 11 is 15.3. The van der Waals surface area contributed by atoms with Gasteiger partial charge < -0.3 is 13.9 Å². The lowest BCUT2D eigenvalue weighted by molar-refractivity contribution is 0.0703. The smallest absolute Gasteiger partial charge is 0.379 e. The molecule has 3 aromatic carbocycles. The molecule has 0 spiro atoms. The highest BCUT2D eigenvalue weighted by Crippen LogP contribution is 2.36. The minimum absolute atomic E-state index is 0.0656. The second-order valence-corrected chi connectivity index (χ2v) is 8.68. The van der Waals surface area contributed by atoms with Gasteiger partial charge in [-0.3, -0.25) is 4.79 Å². The number of ether oxygens (including phenoxy) is 2. The molecule has 0 fully saturated rings. The second-order valence-electron chi connectivity index (χ2n) is 6.95. The van der Waals surface area contributed by atoms with Gasteiger partial charge >= 0.3 is 5.97 Å². The SMILES string of the molecule is O=C(Oc1ccc2c(c1)O/C(=C\c1ccc(Cl)c(Cl)c1)C2=O)c1cc2cc(Br)ccc2o1. The third-order valence-electron chi connectivity index (χ3n) is 4.77. The fourth-order valence-electron chi connectivity index (χ4n) is 3.26. The molecule has 5 rings (SSSR count). The first-order chi connectivity index (χ1) is 15.4. The molecule has 0 N–H and O–H groups in total. The van der Waals surface area contributed by atoms with Crippen LogP contribution < -0.4 is 9.47 Å². The number of ketones is 1. The summed E-state index contributed by atoms with van der Waals surface area (Å²) in [4.78, 5) is 25.2. The van der Waals surface area contributed by atoms with Crippen LogP contribution in [0, 0.1) is 0 Å². The van der Waals surface area contributed by atoms with Gasteiger partial charge in [-0.15, -0.1) is 0 Å². The molecule has 158 valence electrons. The van der Waals surface area contributed by atoms with Gasteiger partial charge in [0.1, 0.15) is 17.1 Å². The van der Waals surface area contributed by atoms with Crippen molar-refractivity contribution in [1.82, 2.24) is 0 Å². The minimum atomic E-state index is -0.659. The maximum absolute atomic E-state index is 12.7. The summed E-state index contributed by atoms with van der Waals surface area (Å²) < 4.78 is 17.5. The molecule has 5 nitrogen and oxygen atoms in total. The zero-order valence-electron chi connectivity index (χ0n) is 16.0. The number of allylic oxidation sites excluding steroid dienone is 1. The number of rotatable bonds is 3. The van der Waals surface area contributed by atoms with Gasteiger partial charge in [-0.2, -0.15) is 0 Å². The fourth-order valence-corrected chi connectivity index (χ4v) is 3.94. The van der Waals surface area contributed by atoms with Crippen molar-refractivity contribution >= 4 is 67.9 Å². The first kappa shape index (κ1) is 20.8. The van der Waals surface area contributed by atoms with Crippen molar-refractivity contribution in [3.05, 3.63) is 97.8 Å². The fraction of sp³-hybridized carbons (Fsp3) is 0. The third-order valence-corrected chi connectivity index (χ3v) is 6.01. The van der Waals surface area contributed by atoms with Crippen LogP contribution in [0.3, 0.4) is 0 Å². The number of esters is 1. The Bertz CT molecular complexity index is 1450. The second kappa shape index (κ2) is 8.13. The largest absolute Gasteiger partial charge is 0.452 e. The summed E-state index contributed by atoms with van der Waals surface area (Å²) in [7, 11) is 0. The van der Waals surface area contributed by atoms with Crippen molar-refractivity contribution in [1.29, 1.82) is 0 Å². The number of furan rings is 1. The molecular formula is C24H11BrCl2O5. The summed E-state index contributed by atoms with van der Waals surface area (Å²) in [6.07, 6.45) is 1.57. The molecule has 0 unspecified atom stereocenters. The van der Waals surface area contributed by atoms with E-state index in [1.54, 1.807) is 42.5 Å². The predicted molar refractivity (Wildman–Crippen MR) is 125 cm³/mol. The minimum Gasteiger partial charge on any atom is -0.452 e. The average molecular weight is 530 g/mol. The normalized spacial score (nSPS) is 14.0. The molecule has 0 saturated carbocycles. The summed E-state index contributed by atoms with van der Waals surface area (Å²) in [5.41, 5.74) is 1.60. The van der Waals surface area contributed by atoms with E-state index in [9.17, 15) is 9.59 Å². The Balaban J connectivity index is 1.37. The molecular weight excluding hydrogens is 519 g/mol. The van der Waals surface area contributed by atoms with Gasteiger partial charge in [-0.25, -0.2) is 4.79 Å². The standard InChI is InChI=1S/C24H11BrCl2O5/c25-14-2-6-19-13(9-14)10-22(31-19)24(29)30-15-3-4-16-20(11-15)32-21(23(16)28)8-12-1-5-17(26)18(27)7-12/h1-11H/b21-8-. The lowest BCUT2D eigenvalue weighted by Crippen LogP contribution is -2.07. The Labute approximate surface area is 200 Å². The lowest BCUT2D eigenvalue weighted by Gasteiger charge is -2.04. The Morgan fingerprint density at radius 2 is 1.81 bits per heavy atom. The Kier molecular flexibility index (Phi) is 5.29. The van der Waals surface area contributed by atoms with Gasteiger partial charge in [0, 0.05) is 15.9 Å². The van der Waals surface area contributed by atoms with Gasteiger partial charge in [0.15, 0.2) is 5.76 Å². The topological polar surface area (TPSA) is 65.7 Å². The highest BCUT2D eigenvalue weighted by atomic mass is 79.9. The third kappa shape index (κ3) is 3.93. The summed E-state index contributed by atoms with van der Waals surface area (Å²) in [6.45, 7) is 0. The number of benzene rings is 3. The zero-order chi connectivity index (χ0) is 22.4. The van der Waals surface area contributed by atoms with E-state index >= 15 is 0 Å². The summed E-state index contributed by atoms with van der Waals surface area (Å²) in [5.74, 6) is -0.236. The first-order valence-corrected chi connectivity index (χ1v) is 10.9. The number of fused-ring (bicyclic) bond motifs is 2. The van der Waals surface area contributed by atoms with Crippen LogP contribution in [0.15, 0.2) is 75.3 Å². The van der Waals surface area contributed by atoms with Crippen molar-refractivity contribution in [2.24, 2.45) is 0 Å². The molecule has 0 radical (unpaired) electrons. The van der Waals surface area contributed by atoms with Crippen LogP contribution in [0.2, 0.25) is 10.0 Å². The van der Waals surface area contributed by atoms with Crippen LogP contribution in [-0.2, 0) is 0 Å². The maximum Gasteiger partial charge on any atom is 0.379 e. The molecule has 0 amide bonds. The molecule has 1 aromatic heterocycles. The van der Waals surface area contributed by atoms with Gasteiger partial charge in [0.25, 0.3) is 0 Å². The van der Waals surface area contributed by atoms with E-state index in [-0.39, 0.29) is 23.1 Å². The van der Waals surface area contributed by atoms with Gasteiger partial charge in [0.05, 0.1) is 15.6 Å². The van der Waals surface area contributed by atoms with E-state index in [2.05, 4.69) is 15.9 Å². The molecule has 8 heteroatoms. The first-order valence-electron chi connectivity index (χ1n) is 9.32. The number of Topliss-reactive ketones (excluding diaryl/α,β-unsaturated/α-hetero) is 1. The van der Waals surface area contributed by atoms with Crippen LogP contribution in [0.1, 0.15) is 26.5 Å². The van der Waals surface area contributed by atoms with E-state index in [0.717, 1.165) is 9.86 Å². The Hall–Kier alpha value is -3.06. The zero-order valence-corrected chi connectivity index (χ0v) is 19.1. The van der Waals surface area contributed by atoms with Gasteiger partial charge in [0.2, 0.25) is 11.5 Å². The molecule has 0 bridgehead atoms. The van der Waals surface area contributed by atoms with Crippen LogP contribution in [0.4, 0.5) is 0 Å². The summed E-state index contributed by atoms with van der Waals surface area (Å²) in [6, 6.07) is 16.6. The average Bonchev–Trinajstić information content (AvgIpc) is 3.31. The molecule has 32 heavy (non-hydrogen) atoms. The quantitative estimate of drug-likeness (QED) is 0.158. The van der Waals surface area contributed by atoms with Gasteiger partial charge in [-0.1, -0.05) is 45.2 Å². The molecule has 0 saturated heterocycles. The van der Waals surface area contributed by atoms with Crippen molar-refractivity contribution in [2.75, 3.05) is 0 Å². The highest BCUT2D eigenvalue weighted by Gasteiger charge is 2.28. The number of carbonyl (C=O) groups excluding carboxylic acids is 2. The Morgan fingerprint density at radius 3 is 2.62 bits per heavy atom. The van der Waals surface area contributed by atoms with Crippen LogP contribution in [0.5, 0.6) is 11.5 Å². The van der Waals surface area contributed by atoms with Crippen molar-refractivity contribution < 1.29 is 23.5 Å². The molecule has 0 aliphatic carbocycles. The summed E-state index contributed by atoms with van der Waals surface area (Å²) in [5, 5.41) is 1.56. The van der Waals surface area contributed by atoms with Crippen molar-refractivity contribution in [3.8, 4) is 11.5 Å². The number of halogens is 3. The van der Waals surface area contributed by atoms with E-state index in [4.69, 9.17) is 37.1 Å². The van der Waals surface area contributed by atoms with E-state index < -0.39 is 5.97 Å². The molecule has 0 atom stereocenters. The van der Waals surface area contributed by atoms with E-state index in [0.29, 0.717) is 32.5 Å². The molecule has 1 aliphatic heterocycles. The number of hydrogen-bond acceptors (Lipinski definition) is 5. The highest BCUT2D eigenvalue weighted by molar-refractivity contribution is 9.10. The van der Waals surface area contributed by atoms with E-state index in [1.807, 2.05) is 12.1 Å². The van der Waals surface area contributed by atoms with Crippen LogP contribution in [0.25, 0.3) is 17.0 Å². The Morgan fingerprint density at radius 1 is 0.969 bits per heavy atom. The maximum atomic E-state index is 12.7. The molecule has 1 aliphatic rings. The molecule has 2 heterocycles. The van der Waals surface area contributed by atoms with Crippen LogP contribution >= 0.6 is 39.1 Å². The van der Waals surface area contributed by atoms with Crippen molar-refractivity contribution in [2.45, 2.75) is 0 Å². The molecule has 4 aromatic rings. The predicted octanol–water partition coefficient (Wildman–Crippen LogP) is 7.34. The van der Waals surface area contributed by atoms with Gasteiger partial charge in [-0.05, 0) is 60.2 Å². The monoisotopic (exact) mass is 528 g/mol. The lowest BCUT2D eigenvalue weighted by atomic mass is 10.1. The van der Waals surface area contributed by atoms with Crippen molar-refractivity contribution in [3.63, 3.8) is 0 Å².